The number of imidazole rings is 1. The van der Waals surface area contributed by atoms with E-state index in [1.165, 1.54) is 0 Å². The van der Waals surface area contributed by atoms with Crippen molar-refractivity contribution in [3.05, 3.63) is 57.8 Å². The molecule has 1 fully saturated rings. The van der Waals surface area contributed by atoms with Crippen molar-refractivity contribution in [1.29, 1.82) is 0 Å². The summed E-state index contributed by atoms with van der Waals surface area (Å²) in [6, 6.07) is 3.77. The third-order valence-electron chi connectivity index (χ3n) is 6.60. The number of hydrogen-bond acceptors (Lipinski definition) is 6. The number of amides is 1. The SMILES string of the molecule is Cc1cc2c(cc1C(=O)N1CCn3cnnc3C1)[nH]c(=O)c1cnc(C3CCOCC3)n12. The van der Waals surface area contributed by atoms with Crippen LogP contribution in [0.2, 0.25) is 0 Å². The number of aromatic amines is 1. The quantitative estimate of drug-likeness (QED) is 0.514. The Morgan fingerprint density at radius 3 is 2.88 bits per heavy atom. The van der Waals surface area contributed by atoms with E-state index >= 15 is 0 Å². The van der Waals surface area contributed by atoms with E-state index in [0.717, 1.165) is 35.6 Å². The van der Waals surface area contributed by atoms with Gasteiger partial charge >= 0.3 is 0 Å². The molecule has 0 spiro atoms. The second-order valence-electron chi connectivity index (χ2n) is 8.53. The van der Waals surface area contributed by atoms with E-state index < -0.39 is 0 Å². The van der Waals surface area contributed by atoms with Crippen molar-refractivity contribution >= 4 is 22.5 Å². The Bertz CT molecular complexity index is 1410. The Morgan fingerprint density at radius 1 is 1.19 bits per heavy atom. The first-order valence-corrected chi connectivity index (χ1v) is 10.9. The number of hydrogen-bond donors (Lipinski definition) is 1. The molecule has 1 amide bonds. The van der Waals surface area contributed by atoms with Crippen molar-refractivity contribution < 1.29 is 9.53 Å². The van der Waals surface area contributed by atoms with Gasteiger partial charge in [0.15, 0.2) is 5.82 Å². The summed E-state index contributed by atoms with van der Waals surface area (Å²) in [5, 5.41) is 8.03. The third-order valence-corrected chi connectivity index (χ3v) is 6.60. The van der Waals surface area contributed by atoms with Gasteiger partial charge in [-0.25, -0.2) is 4.98 Å². The van der Waals surface area contributed by atoms with E-state index in [2.05, 4.69) is 20.2 Å². The van der Waals surface area contributed by atoms with Gasteiger partial charge in [-0.05, 0) is 37.5 Å². The number of fused-ring (bicyclic) bond motifs is 4. The van der Waals surface area contributed by atoms with Crippen LogP contribution in [0.1, 0.15) is 46.3 Å². The topological polar surface area (TPSA) is 110 Å². The first-order valence-electron chi connectivity index (χ1n) is 10.9. The minimum Gasteiger partial charge on any atom is -0.381 e. The van der Waals surface area contributed by atoms with Crippen molar-refractivity contribution in [2.24, 2.45) is 0 Å². The van der Waals surface area contributed by atoms with Gasteiger partial charge in [0.2, 0.25) is 0 Å². The molecule has 1 N–H and O–H groups in total. The molecule has 2 aliphatic heterocycles. The van der Waals surface area contributed by atoms with Crippen LogP contribution in [0.4, 0.5) is 0 Å². The Kier molecular flexibility index (Phi) is 4.35. The van der Waals surface area contributed by atoms with Gasteiger partial charge in [0.25, 0.3) is 11.5 Å². The summed E-state index contributed by atoms with van der Waals surface area (Å²) in [5.74, 6) is 1.82. The standard InChI is InChI=1S/C22H23N7O3/c1-13-8-17-16(9-15(13)22(31)27-4-5-28-12-24-26-19(28)11-27)25-21(30)18-10-23-20(29(17)18)14-2-6-32-7-3-14/h8-10,12,14H,2-7,11H2,1H3,(H,25,30). The summed E-state index contributed by atoms with van der Waals surface area (Å²) >= 11 is 0. The molecule has 0 radical (unpaired) electrons. The van der Waals surface area contributed by atoms with Crippen LogP contribution in [-0.2, 0) is 17.8 Å². The Hall–Kier alpha value is -3.53. The summed E-state index contributed by atoms with van der Waals surface area (Å²) in [6.45, 7) is 5.00. The molecule has 10 nitrogen and oxygen atoms in total. The lowest BCUT2D eigenvalue weighted by atomic mass is 9.99. The van der Waals surface area contributed by atoms with Gasteiger partial charge in [0.05, 0.1) is 23.8 Å². The molecule has 2 aliphatic rings. The molecule has 4 aromatic rings. The minimum atomic E-state index is -0.211. The van der Waals surface area contributed by atoms with Crippen LogP contribution in [0.5, 0.6) is 0 Å². The molecule has 5 heterocycles. The molecule has 10 heteroatoms. The molecule has 3 aromatic heterocycles. The predicted molar refractivity (Wildman–Crippen MR) is 116 cm³/mol. The average molecular weight is 433 g/mol. The summed E-state index contributed by atoms with van der Waals surface area (Å²) in [4.78, 5) is 35.5. The maximum absolute atomic E-state index is 13.4. The molecule has 0 bridgehead atoms. The molecule has 32 heavy (non-hydrogen) atoms. The lowest BCUT2D eigenvalue weighted by molar-refractivity contribution is 0.0707. The van der Waals surface area contributed by atoms with Crippen LogP contribution < -0.4 is 5.56 Å². The van der Waals surface area contributed by atoms with Crippen molar-refractivity contribution in [1.82, 2.24) is 34.0 Å². The fraction of sp³-hybridized carbons (Fsp3) is 0.409. The Balaban J connectivity index is 1.45. The number of aromatic nitrogens is 6. The first kappa shape index (κ1) is 19.2. The van der Waals surface area contributed by atoms with Gasteiger partial charge in [0.1, 0.15) is 17.7 Å². The summed E-state index contributed by atoms with van der Waals surface area (Å²) < 4.78 is 9.41. The maximum atomic E-state index is 13.4. The summed E-state index contributed by atoms with van der Waals surface area (Å²) in [6.07, 6.45) is 5.09. The van der Waals surface area contributed by atoms with Crippen molar-refractivity contribution in [3.8, 4) is 0 Å². The molecule has 1 aromatic carbocycles. The van der Waals surface area contributed by atoms with E-state index in [4.69, 9.17) is 4.74 Å². The van der Waals surface area contributed by atoms with Crippen molar-refractivity contribution in [2.75, 3.05) is 19.8 Å². The van der Waals surface area contributed by atoms with E-state index in [9.17, 15) is 9.59 Å². The fourth-order valence-electron chi connectivity index (χ4n) is 4.83. The molecule has 164 valence electrons. The smallest absolute Gasteiger partial charge is 0.274 e. The van der Waals surface area contributed by atoms with E-state index in [1.807, 2.05) is 22.0 Å². The lowest BCUT2D eigenvalue weighted by Crippen LogP contribution is -2.38. The molecule has 6 rings (SSSR count). The number of carbonyl (C=O) groups is 1. The van der Waals surface area contributed by atoms with Crippen LogP contribution in [0.25, 0.3) is 16.6 Å². The zero-order valence-electron chi connectivity index (χ0n) is 17.7. The van der Waals surface area contributed by atoms with E-state index in [0.29, 0.717) is 49.4 Å². The third kappa shape index (κ3) is 2.94. The monoisotopic (exact) mass is 433 g/mol. The highest BCUT2D eigenvalue weighted by Crippen LogP contribution is 2.29. The first-order chi connectivity index (χ1) is 15.6. The molecule has 1 saturated heterocycles. The van der Waals surface area contributed by atoms with Gasteiger partial charge in [0, 0.05) is 37.8 Å². The predicted octanol–water partition coefficient (Wildman–Crippen LogP) is 1.63. The number of rotatable bonds is 2. The number of benzene rings is 1. The molecular formula is C22H23N7O3. The number of nitrogens with one attached hydrogen (secondary N) is 1. The van der Waals surface area contributed by atoms with E-state index in [1.54, 1.807) is 23.5 Å². The highest BCUT2D eigenvalue weighted by Gasteiger charge is 2.26. The fourth-order valence-corrected chi connectivity index (χ4v) is 4.83. The van der Waals surface area contributed by atoms with Crippen LogP contribution >= 0.6 is 0 Å². The molecular weight excluding hydrogens is 410 g/mol. The number of carbonyl (C=O) groups excluding carboxylic acids is 1. The van der Waals surface area contributed by atoms with E-state index in [-0.39, 0.29) is 17.4 Å². The number of aryl methyl sites for hydroxylation is 1. The summed E-state index contributed by atoms with van der Waals surface area (Å²) in [5.41, 5.74) is 3.22. The van der Waals surface area contributed by atoms with Gasteiger partial charge < -0.3 is 19.2 Å². The van der Waals surface area contributed by atoms with Crippen LogP contribution in [-0.4, -0.2) is 59.7 Å². The number of nitrogens with zero attached hydrogens (tertiary/aromatic N) is 6. The minimum absolute atomic E-state index is 0.0742. The van der Waals surface area contributed by atoms with Crippen LogP contribution in [0, 0.1) is 6.92 Å². The number of ether oxygens (including phenoxy) is 1. The van der Waals surface area contributed by atoms with Crippen LogP contribution in [0.15, 0.2) is 29.5 Å². The van der Waals surface area contributed by atoms with Gasteiger partial charge in [-0.3, -0.25) is 14.0 Å². The van der Waals surface area contributed by atoms with Gasteiger partial charge in [-0.2, -0.15) is 0 Å². The van der Waals surface area contributed by atoms with Gasteiger partial charge in [-0.15, -0.1) is 10.2 Å². The highest BCUT2D eigenvalue weighted by atomic mass is 16.5. The number of H-pyrrole nitrogens is 1. The Morgan fingerprint density at radius 2 is 2.03 bits per heavy atom. The lowest BCUT2D eigenvalue weighted by Gasteiger charge is -2.27. The van der Waals surface area contributed by atoms with Crippen LogP contribution in [0.3, 0.4) is 0 Å². The molecule has 0 aliphatic carbocycles. The maximum Gasteiger partial charge on any atom is 0.274 e. The zero-order valence-corrected chi connectivity index (χ0v) is 17.7. The average Bonchev–Trinajstić information content (AvgIpc) is 3.47. The normalized spacial score (nSPS) is 17.2. The Labute approximate surface area is 182 Å². The molecule has 0 unspecified atom stereocenters. The van der Waals surface area contributed by atoms with Gasteiger partial charge in [-0.1, -0.05) is 0 Å². The zero-order chi connectivity index (χ0) is 21.8. The second kappa shape index (κ2) is 7.27. The largest absolute Gasteiger partial charge is 0.381 e. The molecule has 0 atom stereocenters. The molecule has 0 saturated carbocycles. The van der Waals surface area contributed by atoms with Crippen molar-refractivity contribution in [2.45, 2.75) is 38.8 Å². The highest BCUT2D eigenvalue weighted by molar-refractivity contribution is 5.99. The summed E-state index contributed by atoms with van der Waals surface area (Å²) in [7, 11) is 0. The second-order valence-corrected chi connectivity index (χ2v) is 8.53. The van der Waals surface area contributed by atoms with Crippen molar-refractivity contribution in [3.63, 3.8) is 0 Å².